The van der Waals surface area contributed by atoms with Crippen molar-refractivity contribution in [1.29, 1.82) is 0 Å². The van der Waals surface area contributed by atoms with E-state index in [4.69, 9.17) is 5.11 Å². The zero-order valence-corrected chi connectivity index (χ0v) is 11.0. The predicted octanol–water partition coefficient (Wildman–Crippen LogP) is 1.92. The maximum absolute atomic E-state index is 10.8. The number of anilines is 1. The summed E-state index contributed by atoms with van der Waals surface area (Å²) in [5.41, 5.74) is 1.46. The minimum absolute atomic E-state index is 0.346. The van der Waals surface area contributed by atoms with Crippen molar-refractivity contribution in [1.82, 2.24) is 4.90 Å². The molecule has 18 heavy (non-hydrogen) atoms. The van der Waals surface area contributed by atoms with Gasteiger partial charge in [0.05, 0.1) is 5.56 Å². The van der Waals surface area contributed by atoms with Crippen LogP contribution in [0.4, 0.5) is 5.69 Å². The summed E-state index contributed by atoms with van der Waals surface area (Å²) >= 11 is 0. The normalized spacial score (nSPS) is 21.0. The number of carboxylic acid groups (broad SMARTS) is 1. The second-order valence-corrected chi connectivity index (χ2v) is 4.78. The Morgan fingerprint density at radius 3 is 2.50 bits per heavy atom. The van der Waals surface area contributed by atoms with Gasteiger partial charge in [0.15, 0.2) is 0 Å². The first-order chi connectivity index (χ1) is 8.61. The van der Waals surface area contributed by atoms with E-state index in [-0.39, 0.29) is 0 Å². The minimum atomic E-state index is -0.870. The molecule has 1 aliphatic rings. The van der Waals surface area contributed by atoms with Gasteiger partial charge in [0.1, 0.15) is 0 Å². The van der Waals surface area contributed by atoms with Gasteiger partial charge in [0, 0.05) is 31.4 Å². The molecular weight excluding hydrogens is 228 g/mol. The third kappa shape index (κ3) is 2.64. The first-order valence-corrected chi connectivity index (χ1v) is 6.44. The number of rotatable bonds is 3. The molecule has 0 aliphatic carbocycles. The maximum atomic E-state index is 10.8. The lowest BCUT2D eigenvalue weighted by Crippen LogP contribution is -2.51. The van der Waals surface area contributed by atoms with E-state index in [0.29, 0.717) is 11.6 Å². The molecule has 1 saturated heterocycles. The van der Waals surface area contributed by atoms with E-state index < -0.39 is 5.97 Å². The van der Waals surface area contributed by atoms with Crippen molar-refractivity contribution in [3.63, 3.8) is 0 Å². The monoisotopic (exact) mass is 248 g/mol. The van der Waals surface area contributed by atoms with E-state index in [2.05, 4.69) is 23.6 Å². The first-order valence-electron chi connectivity index (χ1n) is 6.44. The molecule has 4 heteroatoms. The molecule has 0 spiro atoms. The van der Waals surface area contributed by atoms with Crippen molar-refractivity contribution >= 4 is 11.7 Å². The van der Waals surface area contributed by atoms with E-state index in [9.17, 15) is 4.79 Å². The number of piperazine rings is 1. The summed E-state index contributed by atoms with van der Waals surface area (Å²) in [5.74, 6) is -0.870. The standard InChI is InChI=1S/C14H20N2O2/c1-3-15-8-9-16(10-11(15)2)13-6-4-12(5-7-13)14(17)18/h4-7,11H,3,8-10H2,1-2H3,(H,17,18). The Hall–Kier alpha value is -1.55. The number of hydrogen-bond acceptors (Lipinski definition) is 3. The van der Waals surface area contributed by atoms with Gasteiger partial charge in [-0.3, -0.25) is 4.90 Å². The maximum Gasteiger partial charge on any atom is 0.335 e. The molecule has 1 fully saturated rings. The number of benzene rings is 1. The molecule has 98 valence electrons. The number of hydrogen-bond donors (Lipinski definition) is 1. The molecule has 2 rings (SSSR count). The van der Waals surface area contributed by atoms with Gasteiger partial charge in [-0.25, -0.2) is 4.79 Å². The summed E-state index contributed by atoms with van der Waals surface area (Å²) < 4.78 is 0. The molecule has 1 aliphatic heterocycles. The van der Waals surface area contributed by atoms with Crippen molar-refractivity contribution in [3.05, 3.63) is 29.8 Å². The van der Waals surface area contributed by atoms with Crippen LogP contribution in [0.5, 0.6) is 0 Å². The summed E-state index contributed by atoms with van der Waals surface area (Å²) in [6.07, 6.45) is 0. The Labute approximate surface area is 108 Å². The molecule has 1 atom stereocenters. The zero-order valence-electron chi connectivity index (χ0n) is 11.0. The van der Waals surface area contributed by atoms with Crippen LogP contribution in [-0.4, -0.2) is 48.2 Å². The number of carbonyl (C=O) groups is 1. The Bertz CT molecular complexity index is 416. The van der Waals surface area contributed by atoms with Crippen molar-refractivity contribution in [2.24, 2.45) is 0 Å². The van der Waals surface area contributed by atoms with Crippen molar-refractivity contribution in [2.75, 3.05) is 31.1 Å². The molecule has 0 amide bonds. The van der Waals surface area contributed by atoms with Crippen LogP contribution in [0.1, 0.15) is 24.2 Å². The van der Waals surface area contributed by atoms with Gasteiger partial charge in [0.2, 0.25) is 0 Å². The molecule has 1 N–H and O–H groups in total. The van der Waals surface area contributed by atoms with Gasteiger partial charge in [-0.2, -0.15) is 0 Å². The summed E-state index contributed by atoms with van der Waals surface area (Å²) in [7, 11) is 0. The zero-order chi connectivity index (χ0) is 13.1. The Morgan fingerprint density at radius 2 is 2.00 bits per heavy atom. The molecule has 4 nitrogen and oxygen atoms in total. The lowest BCUT2D eigenvalue weighted by molar-refractivity contribution is 0.0697. The molecule has 1 aromatic rings. The molecule has 0 bridgehead atoms. The quantitative estimate of drug-likeness (QED) is 0.887. The van der Waals surface area contributed by atoms with Crippen LogP contribution in [0.25, 0.3) is 0 Å². The van der Waals surface area contributed by atoms with Crippen LogP contribution < -0.4 is 4.90 Å². The Kier molecular flexibility index (Phi) is 3.87. The fraction of sp³-hybridized carbons (Fsp3) is 0.500. The highest BCUT2D eigenvalue weighted by atomic mass is 16.4. The highest BCUT2D eigenvalue weighted by molar-refractivity contribution is 5.88. The van der Waals surface area contributed by atoms with Gasteiger partial charge in [-0.15, -0.1) is 0 Å². The van der Waals surface area contributed by atoms with Crippen LogP contribution in [0.15, 0.2) is 24.3 Å². The average molecular weight is 248 g/mol. The fourth-order valence-electron chi connectivity index (χ4n) is 2.51. The van der Waals surface area contributed by atoms with E-state index in [1.54, 1.807) is 12.1 Å². The number of carboxylic acids is 1. The van der Waals surface area contributed by atoms with E-state index in [1.165, 1.54) is 0 Å². The Balaban J connectivity index is 2.06. The summed E-state index contributed by atoms with van der Waals surface area (Å²) in [6, 6.07) is 7.70. The largest absolute Gasteiger partial charge is 0.478 e. The molecule has 1 unspecified atom stereocenters. The SMILES string of the molecule is CCN1CCN(c2ccc(C(=O)O)cc2)CC1C. The average Bonchev–Trinajstić information content (AvgIpc) is 2.38. The minimum Gasteiger partial charge on any atom is -0.478 e. The van der Waals surface area contributed by atoms with E-state index in [0.717, 1.165) is 31.9 Å². The van der Waals surface area contributed by atoms with Crippen LogP contribution in [-0.2, 0) is 0 Å². The second kappa shape index (κ2) is 5.40. The van der Waals surface area contributed by atoms with Crippen LogP contribution in [0, 0.1) is 0 Å². The van der Waals surface area contributed by atoms with Crippen molar-refractivity contribution < 1.29 is 9.90 Å². The van der Waals surface area contributed by atoms with Gasteiger partial charge in [0.25, 0.3) is 0 Å². The number of aromatic carboxylic acids is 1. The lowest BCUT2D eigenvalue weighted by Gasteiger charge is -2.40. The van der Waals surface area contributed by atoms with Crippen molar-refractivity contribution in [3.8, 4) is 0 Å². The Morgan fingerprint density at radius 1 is 1.33 bits per heavy atom. The topological polar surface area (TPSA) is 43.8 Å². The third-order valence-corrected chi connectivity index (χ3v) is 3.65. The van der Waals surface area contributed by atoms with E-state index >= 15 is 0 Å². The van der Waals surface area contributed by atoms with Gasteiger partial charge in [-0.1, -0.05) is 6.92 Å². The molecule has 1 aromatic carbocycles. The molecular formula is C14H20N2O2. The number of nitrogens with zero attached hydrogens (tertiary/aromatic N) is 2. The van der Waals surface area contributed by atoms with Crippen molar-refractivity contribution in [2.45, 2.75) is 19.9 Å². The lowest BCUT2D eigenvalue weighted by atomic mass is 10.1. The highest BCUT2D eigenvalue weighted by Crippen LogP contribution is 2.19. The summed E-state index contributed by atoms with van der Waals surface area (Å²) in [6.45, 7) is 8.59. The second-order valence-electron chi connectivity index (χ2n) is 4.78. The molecule has 0 radical (unpaired) electrons. The van der Waals surface area contributed by atoms with Gasteiger partial charge >= 0.3 is 5.97 Å². The smallest absolute Gasteiger partial charge is 0.335 e. The predicted molar refractivity (Wildman–Crippen MR) is 72.3 cm³/mol. The van der Waals surface area contributed by atoms with Crippen LogP contribution >= 0.6 is 0 Å². The van der Waals surface area contributed by atoms with Gasteiger partial charge in [-0.05, 0) is 37.7 Å². The van der Waals surface area contributed by atoms with Crippen LogP contribution in [0.2, 0.25) is 0 Å². The highest BCUT2D eigenvalue weighted by Gasteiger charge is 2.22. The number of likely N-dealkylation sites (N-methyl/N-ethyl adjacent to an activating group) is 1. The van der Waals surface area contributed by atoms with E-state index in [1.807, 2.05) is 12.1 Å². The molecule has 0 saturated carbocycles. The molecule has 0 aromatic heterocycles. The van der Waals surface area contributed by atoms with Gasteiger partial charge < -0.3 is 10.0 Å². The third-order valence-electron chi connectivity index (χ3n) is 3.65. The first kappa shape index (κ1) is 12.9. The summed E-state index contributed by atoms with van der Waals surface area (Å²) in [5, 5.41) is 8.87. The van der Waals surface area contributed by atoms with Crippen LogP contribution in [0.3, 0.4) is 0 Å². The molecule has 1 heterocycles. The summed E-state index contributed by atoms with van der Waals surface area (Å²) in [4.78, 5) is 15.6. The fourth-order valence-corrected chi connectivity index (χ4v) is 2.51.